The third-order valence-electron chi connectivity index (χ3n) is 3.38. The van der Waals surface area contributed by atoms with E-state index >= 15 is 0 Å². The first-order chi connectivity index (χ1) is 8.70. The van der Waals surface area contributed by atoms with Crippen LogP contribution in [0.15, 0.2) is 6.07 Å². The van der Waals surface area contributed by atoms with Crippen LogP contribution in [0.25, 0.3) is 0 Å². The Morgan fingerprint density at radius 1 is 1.39 bits per heavy atom. The molecule has 1 amide bonds. The molecule has 0 bridgehead atoms. The van der Waals surface area contributed by atoms with Crippen molar-refractivity contribution >= 4 is 5.91 Å². The molecule has 1 fully saturated rings. The number of aryl methyl sites for hydroxylation is 1. The Labute approximate surface area is 108 Å². The summed E-state index contributed by atoms with van der Waals surface area (Å²) in [6.07, 6.45) is 3.04. The molecule has 0 atom stereocenters. The smallest absolute Gasteiger partial charge is 0.274 e. The number of hydrogen-bond acceptors (Lipinski definition) is 3. The summed E-state index contributed by atoms with van der Waals surface area (Å²) in [7, 11) is 2.10. The summed E-state index contributed by atoms with van der Waals surface area (Å²) >= 11 is 0. The predicted molar refractivity (Wildman–Crippen MR) is 70.6 cm³/mol. The molecule has 100 valence electrons. The minimum absolute atomic E-state index is 0.0592. The molecule has 0 aliphatic carbocycles. The van der Waals surface area contributed by atoms with Gasteiger partial charge in [0.15, 0.2) is 0 Å². The molecule has 1 N–H and O–H groups in total. The number of nitrogens with zero attached hydrogens (tertiary/aromatic N) is 3. The van der Waals surface area contributed by atoms with E-state index in [-0.39, 0.29) is 5.91 Å². The van der Waals surface area contributed by atoms with Gasteiger partial charge in [-0.05, 0) is 32.5 Å². The quantitative estimate of drug-likeness (QED) is 0.875. The Morgan fingerprint density at radius 2 is 2.22 bits per heavy atom. The highest BCUT2D eigenvalue weighted by atomic mass is 16.2. The van der Waals surface area contributed by atoms with Crippen LogP contribution < -0.4 is 0 Å². The van der Waals surface area contributed by atoms with Crippen molar-refractivity contribution in [3.05, 3.63) is 17.5 Å². The van der Waals surface area contributed by atoms with E-state index in [9.17, 15) is 4.79 Å². The van der Waals surface area contributed by atoms with Crippen molar-refractivity contribution in [3.8, 4) is 0 Å². The molecule has 1 aromatic heterocycles. The first kappa shape index (κ1) is 13.1. The van der Waals surface area contributed by atoms with Crippen molar-refractivity contribution in [1.82, 2.24) is 20.0 Å². The number of H-pyrrole nitrogens is 1. The fraction of sp³-hybridized carbons (Fsp3) is 0.692. The first-order valence-electron chi connectivity index (χ1n) is 6.73. The third-order valence-corrected chi connectivity index (χ3v) is 3.38. The molecule has 0 radical (unpaired) electrons. The van der Waals surface area contributed by atoms with Gasteiger partial charge >= 0.3 is 0 Å². The van der Waals surface area contributed by atoms with Gasteiger partial charge in [0.1, 0.15) is 5.69 Å². The van der Waals surface area contributed by atoms with Gasteiger partial charge in [0.05, 0.1) is 0 Å². The van der Waals surface area contributed by atoms with E-state index in [1.54, 1.807) is 0 Å². The highest BCUT2D eigenvalue weighted by Gasteiger charge is 2.20. The van der Waals surface area contributed by atoms with Crippen LogP contribution >= 0.6 is 0 Å². The largest absolute Gasteiger partial charge is 0.336 e. The number of carbonyl (C=O) groups excluding carboxylic acids is 1. The molecule has 0 unspecified atom stereocenters. The van der Waals surface area contributed by atoms with E-state index in [1.807, 2.05) is 11.0 Å². The van der Waals surface area contributed by atoms with Crippen LogP contribution in [0.3, 0.4) is 0 Å². The molecule has 5 heteroatoms. The van der Waals surface area contributed by atoms with Crippen molar-refractivity contribution in [2.45, 2.75) is 26.2 Å². The molecule has 1 aromatic rings. The Hall–Kier alpha value is -1.36. The zero-order valence-electron chi connectivity index (χ0n) is 11.3. The van der Waals surface area contributed by atoms with Crippen LogP contribution in [-0.2, 0) is 6.42 Å². The summed E-state index contributed by atoms with van der Waals surface area (Å²) < 4.78 is 0. The standard InChI is InChI=1S/C13H22N4O/c1-3-5-11-10-12(15-14-11)13(18)17-7-4-6-16(2)8-9-17/h10H,3-9H2,1-2H3,(H,14,15). The fourth-order valence-electron chi connectivity index (χ4n) is 2.28. The van der Waals surface area contributed by atoms with Crippen LogP contribution in [0.4, 0.5) is 0 Å². The maximum atomic E-state index is 12.3. The monoisotopic (exact) mass is 250 g/mol. The van der Waals surface area contributed by atoms with Crippen LogP contribution in [0.1, 0.15) is 35.9 Å². The van der Waals surface area contributed by atoms with Crippen LogP contribution in [0, 0.1) is 0 Å². The number of carbonyl (C=O) groups is 1. The van der Waals surface area contributed by atoms with E-state index in [1.165, 1.54) is 0 Å². The third kappa shape index (κ3) is 3.10. The number of likely N-dealkylation sites (N-methyl/N-ethyl adjacent to an activating group) is 1. The van der Waals surface area contributed by atoms with Gasteiger partial charge in [-0.2, -0.15) is 5.10 Å². The van der Waals surface area contributed by atoms with E-state index < -0.39 is 0 Å². The zero-order chi connectivity index (χ0) is 13.0. The second kappa shape index (κ2) is 6.00. The average Bonchev–Trinajstić information content (AvgIpc) is 2.71. The summed E-state index contributed by atoms with van der Waals surface area (Å²) in [6, 6.07) is 1.89. The van der Waals surface area contributed by atoms with Crippen molar-refractivity contribution < 1.29 is 4.79 Å². The number of amides is 1. The molecular weight excluding hydrogens is 228 g/mol. The van der Waals surface area contributed by atoms with E-state index in [2.05, 4.69) is 29.1 Å². The van der Waals surface area contributed by atoms with E-state index in [0.717, 1.165) is 51.1 Å². The Balaban J connectivity index is 2.00. The number of aromatic nitrogens is 2. The average molecular weight is 250 g/mol. The number of aromatic amines is 1. The predicted octanol–water partition coefficient (Wildman–Crippen LogP) is 1.14. The van der Waals surface area contributed by atoms with Crippen molar-refractivity contribution in [2.75, 3.05) is 33.2 Å². The molecule has 0 spiro atoms. The van der Waals surface area contributed by atoms with E-state index in [0.29, 0.717) is 5.69 Å². The highest BCUT2D eigenvalue weighted by molar-refractivity contribution is 5.92. The second-order valence-corrected chi connectivity index (χ2v) is 4.98. The lowest BCUT2D eigenvalue weighted by molar-refractivity contribution is 0.0757. The normalized spacial score (nSPS) is 17.8. The lowest BCUT2D eigenvalue weighted by atomic mass is 10.2. The van der Waals surface area contributed by atoms with Gasteiger partial charge in [-0.25, -0.2) is 0 Å². The molecule has 1 saturated heterocycles. The lowest BCUT2D eigenvalue weighted by Crippen LogP contribution is -2.34. The topological polar surface area (TPSA) is 52.2 Å². The van der Waals surface area contributed by atoms with Crippen LogP contribution in [-0.4, -0.2) is 59.1 Å². The summed E-state index contributed by atoms with van der Waals surface area (Å²) in [5.74, 6) is 0.0592. The van der Waals surface area contributed by atoms with E-state index in [4.69, 9.17) is 0 Å². The molecular formula is C13H22N4O. The summed E-state index contributed by atoms with van der Waals surface area (Å²) in [5.41, 5.74) is 1.61. The maximum Gasteiger partial charge on any atom is 0.274 e. The van der Waals surface area contributed by atoms with Gasteiger partial charge in [-0.15, -0.1) is 0 Å². The molecule has 1 aliphatic rings. The van der Waals surface area contributed by atoms with Crippen molar-refractivity contribution in [3.63, 3.8) is 0 Å². The Bertz CT molecular complexity index is 401. The summed E-state index contributed by atoms with van der Waals surface area (Å²) in [4.78, 5) is 16.5. The van der Waals surface area contributed by atoms with Crippen molar-refractivity contribution in [2.24, 2.45) is 0 Å². The van der Waals surface area contributed by atoms with Gasteiger partial charge in [0, 0.05) is 25.3 Å². The van der Waals surface area contributed by atoms with Gasteiger partial charge in [0.25, 0.3) is 5.91 Å². The second-order valence-electron chi connectivity index (χ2n) is 4.98. The highest BCUT2D eigenvalue weighted by Crippen LogP contribution is 2.09. The van der Waals surface area contributed by atoms with Gasteiger partial charge in [-0.3, -0.25) is 9.89 Å². The summed E-state index contributed by atoms with van der Waals surface area (Å²) in [5, 5.41) is 7.07. The van der Waals surface area contributed by atoms with Gasteiger partial charge in [0.2, 0.25) is 0 Å². The molecule has 5 nitrogen and oxygen atoms in total. The molecule has 0 saturated carbocycles. The Kier molecular flexibility index (Phi) is 4.36. The number of rotatable bonds is 3. The molecule has 0 aromatic carbocycles. The zero-order valence-corrected chi connectivity index (χ0v) is 11.3. The van der Waals surface area contributed by atoms with Gasteiger partial charge < -0.3 is 9.80 Å². The first-order valence-corrected chi connectivity index (χ1v) is 6.73. The van der Waals surface area contributed by atoms with Crippen LogP contribution in [0.5, 0.6) is 0 Å². The molecule has 18 heavy (non-hydrogen) atoms. The minimum Gasteiger partial charge on any atom is -0.336 e. The van der Waals surface area contributed by atoms with Gasteiger partial charge in [-0.1, -0.05) is 13.3 Å². The lowest BCUT2D eigenvalue weighted by Gasteiger charge is -2.19. The van der Waals surface area contributed by atoms with Crippen LogP contribution in [0.2, 0.25) is 0 Å². The molecule has 1 aliphatic heterocycles. The fourth-order valence-corrected chi connectivity index (χ4v) is 2.28. The minimum atomic E-state index is 0.0592. The number of nitrogens with one attached hydrogen (secondary N) is 1. The van der Waals surface area contributed by atoms with Crippen molar-refractivity contribution in [1.29, 1.82) is 0 Å². The molecule has 2 rings (SSSR count). The summed E-state index contributed by atoms with van der Waals surface area (Å²) in [6.45, 7) is 5.75. The Morgan fingerprint density at radius 3 is 3.00 bits per heavy atom. The SMILES string of the molecule is CCCc1cc(C(=O)N2CCCN(C)CC2)n[nH]1. The number of hydrogen-bond donors (Lipinski definition) is 1. The maximum absolute atomic E-state index is 12.3. The molecule has 2 heterocycles.